The molecule has 1 N–H and O–H groups in total. The molecule has 1 heterocycles. The van der Waals surface area contributed by atoms with E-state index in [4.69, 9.17) is 27.9 Å². The Kier molecular flexibility index (Phi) is 7.36. The molecule has 0 aromatic heterocycles. The number of nitrogens with one attached hydrogen (secondary N) is 1. The lowest BCUT2D eigenvalue weighted by Gasteiger charge is -2.15. The van der Waals surface area contributed by atoms with E-state index in [0.29, 0.717) is 28.7 Å². The maximum absolute atomic E-state index is 12.6. The summed E-state index contributed by atoms with van der Waals surface area (Å²) in [6.07, 6.45) is 1.63. The molecule has 1 saturated heterocycles. The smallest absolute Gasteiger partial charge is 0.338 e. The van der Waals surface area contributed by atoms with Crippen molar-refractivity contribution in [2.45, 2.75) is 24.3 Å². The number of hydrogen-bond donors (Lipinski definition) is 1. The number of halogens is 2. The first-order chi connectivity index (χ1) is 14.3. The predicted octanol–water partition coefficient (Wildman–Crippen LogP) is 3.25. The van der Waals surface area contributed by atoms with Crippen LogP contribution in [0.5, 0.6) is 0 Å². The molecule has 0 bridgehead atoms. The molecule has 0 aliphatic carbocycles. The van der Waals surface area contributed by atoms with Gasteiger partial charge in [-0.3, -0.25) is 4.79 Å². The second-order valence-corrected chi connectivity index (χ2v) is 9.51. The lowest BCUT2D eigenvalue weighted by atomic mass is 10.2. The number of nitrogens with zero attached hydrogens (tertiary/aromatic N) is 1. The fraction of sp³-hybridized carbons (Fsp3) is 0.300. The van der Waals surface area contributed by atoms with Gasteiger partial charge in [-0.05, 0) is 48.7 Å². The standard InChI is InChI=1S/C20H20Cl2N2O5S/c21-16-7-6-15(18(22)11-16)12-23-19(25)13-29-20(26)14-4-3-5-17(10-14)30(27,28)24-8-1-2-9-24/h3-7,10-11H,1-2,8-9,12-13H2,(H,23,25). The maximum Gasteiger partial charge on any atom is 0.338 e. The molecule has 30 heavy (non-hydrogen) atoms. The SMILES string of the molecule is O=C(COC(=O)c1cccc(S(=O)(=O)N2CCCC2)c1)NCc1ccc(Cl)cc1Cl. The van der Waals surface area contributed by atoms with Gasteiger partial charge in [0.2, 0.25) is 10.0 Å². The van der Waals surface area contributed by atoms with Gasteiger partial charge in [-0.25, -0.2) is 13.2 Å². The zero-order chi connectivity index (χ0) is 21.7. The van der Waals surface area contributed by atoms with E-state index in [1.165, 1.54) is 28.6 Å². The second kappa shape index (κ2) is 9.78. The molecule has 0 spiro atoms. The first-order valence-corrected chi connectivity index (χ1v) is 11.4. The fourth-order valence-electron chi connectivity index (χ4n) is 2.99. The van der Waals surface area contributed by atoms with Crippen LogP contribution in [0.2, 0.25) is 10.0 Å². The number of esters is 1. The summed E-state index contributed by atoms with van der Waals surface area (Å²) < 4.78 is 31.7. The third-order valence-electron chi connectivity index (χ3n) is 4.60. The molecule has 2 aromatic carbocycles. The van der Waals surface area contributed by atoms with E-state index in [-0.39, 0.29) is 17.0 Å². The van der Waals surface area contributed by atoms with Gasteiger partial charge in [0.05, 0.1) is 10.5 Å². The van der Waals surface area contributed by atoms with Crippen LogP contribution in [0.15, 0.2) is 47.4 Å². The minimum Gasteiger partial charge on any atom is -0.452 e. The van der Waals surface area contributed by atoms with Crippen molar-refractivity contribution < 1.29 is 22.7 Å². The van der Waals surface area contributed by atoms with Gasteiger partial charge < -0.3 is 10.1 Å². The van der Waals surface area contributed by atoms with Crippen LogP contribution in [0.25, 0.3) is 0 Å². The van der Waals surface area contributed by atoms with Crippen molar-refractivity contribution in [3.63, 3.8) is 0 Å². The normalized spacial score (nSPS) is 14.5. The third kappa shape index (κ3) is 5.51. The van der Waals surface area contributed by atoms with Gasteiger partial charge in [-0.2, -0.15) is 4.31 Å². The molecule has 7 nitrogen and oxygen atoms in total. The third-order valence-corrected chi connectivity index (χ3v) is 7.08. The van der Waals surface area contributed by atoms with Crippen LogP contribution in [0.3, 0.4) is 0 Å². The minimum absolute atomic E-state index is 0.0284. The van der Waals surface area contributed by atoms with Crippen LogP contribution in [0.1, 0.15) is 28.8 Å². The Labute approximate surface area is 185 Å². The molecule has 0 unspecified atom stereocenters. The van der Waals surface area contributed by atoms with Gasteiger partial charge in [0.15, 0.2) is 6.61 Å². The number of sulfonamides is 1. The Bertz CT molecular complexity index is 1050. The Balaban J connectivity index is 1.56. The lowest BCUT2D eigenvalue weighted by molar-refractivity contribution is -0.124. The fourth-order valence-corrected chi connectivity index (χ4v) is 5.02. The van der Waals surface area contributed by atoms with Crippen LogP contribution in [0, 0.1) is 0 Å². The van der Waals surface area contributed by atoms with Crippen molar-refractivity contribution in [3.8, 4) is 0 Å². The highest BCUT2D eigenvalue weighted by Crippen LogP contribution is 2.22. The molecule has 1 fully saturated rings. The van der Waals surface area contributed by atoms with Crippen LogP contribution in [0.4, 0.5) is 0 Å². The Morgan fingerprint density at radius 1 is 1.07 bits per heavy atom. The van der Waals surface area contributed by atoms with Crippen molar-refractivity contribution in [2.24, 2.45) is 0 Å². The number of carbonyl (C=O) groups excluding carboxylic acids is 2. The van der Waals surface area contributed by atoms with Gasteiger partial charge in [-0.1, -0.05) is 35.3 Å². The summed E-state index contributed by atoms with van der Waals surface area (Å²) in [5.41, 5.74) is 0.726. The van der Waals surface area contributed by atoms with E-state index < -0.39 is 28.5 Å². The highest BCUT2D eigenvalue weighted by molar-refractivity contribution is 7.89. The second-order valence-electron chi connectivity index (χ2n) is 6.73. The summed E-state index contributed by atoms with van der Waals surface area (Å²) in [6, 6.07) is 10.5. The van der Waals surface area contributed by atoms with Crippen LogP contribution >= 0.6 is 23.2 Å². The van der Waals surface area contributed by atoms with E-state index in [2.05, 4.69) is 5.32 Å². The molecule has 2 aromatic rings. The zero-order valence-electron chi connectivity index (χ0n) is 15.9. The number of amides is 1. The number of ether oxygens (including phenoxy) is 1. The van der Waals surface area contributed by atoms with E-state index >= 15 is 0 Å². The summed E-state index contributed by atoms with van der Waals surface area (Å²) in [5, 5.41) is 3.49. The number of carbonyl (C=O) groups is 2. The maximum atomic E-state index is 12.6. The van der Waals surface area contributed by atoms with Gasteiger partial charge in [0, 0.05) is 29.7 Å². The Morgan fingerprint density at radius 3 is 2.50 bits per heavy atom. The topological polar surface area (TPSA) is 92.8 Å². The van der Waals surface area contributed by atoms with Crippen molar-refractivity contribution in [2.75, 3.05) is 19.7 Å². The molecule has 3 rings (SSSR count). The first kappa shape index (κ1) is 22.6. The molecule has 0 radical (unpaired) electrons. The largest absolute Gasteiger partial charge is 0.452 e. The van der Waals surface area contributed by atoms with Crippen molar-refractivity contribution in [1.29, 1.82) is 0 Å². The quantitative estimate of drug-likeness (QED) is 0.626. The average molecular weight is 471 g/mol. The molecule has 1 aliphatic rings. The predicted molar refractivity (Wildman–Crippen MR) is 113 cm³/mol. The molecule has 1 amide bonds. The highest BCUT2D eigenvalue weighted by Gasteiger charge is 2.27. The number of benzene rings is 2. The van der Waals surface area contributed by atoms with E-state index in [9.17, 15) is 18.0 Å². The molecule has 0 saturated carbocycles. The molecular weight excluding hydrogens is 451 g/mol. The van der Waals surface area contributed by atoms with Crippen molar-refractivity contribution in [3.05, 3.63) is 63.6 Å². The number of hydrogen-bond acceptors (Lipinski definition) is 5. The van der Waals surface area contributed by atoms with Gasteiger partial charge in [0.1, 0.15) is 0 Å². The van der Waals surface area contributed by atoms with Gasteiger partial charge in [-0.15, -0.1) is 0 Å². The minimum atomic E-state index is -3.65. The molecule has 0 atom stereocenters. The van der Waals surface area contributed by atoms with E-state index in [0.717, 1.165) is 12.8 Å². The lowest BCUT2D eigenvalue weighted by Crippen LogP contribution is -2.29. The first-order valence-electron chi connectivity index (χ1n) is 9.25. The average Bonchev–Trinajstić information content (AvgIpc) is 3.27. The zero-order valence-corrected chi connectivity index (χ0v) is 18.3. The summed E-state index contributed by atoms with van der Waals surface area (Å²) in [7, 11) is -3.65. The van der Waals surface area contributed by atoms with Crippen LogP contribution in [-0.2, 0) is 26.1 Å². The molecule has 1 aliphatic heterocycles. The van der Waals surface area contributed by atoms with Crippen molar-refractivity contribution >= 4 is 45.1 Å². The number of rotatable bonds is 7. The summed E-state index contributed by atoms with van der Waals surface area (Å²) >= 11 is 11.9. The van der Waals surface area contributed by atoms with Crippen molar-refractivity contribution in [1.82, 2.24) is 9.62 Å². The monoisotopic (exact) mass is 470 g/mol. The van der Waals surface area contributed by atoms with Gasteiger partial charge in [0.25, 0.3) is 5.91 Å². The summed E-state index contributed by atoms with van der Waals surface area (Å²) in [5.74, 6) is -1.30. The molecular formula is C20H20Cl2N2O5S. The van der Waals surface area contributed by atoms with E-state index in [1.54, 1.807) is 18.2 Å². The molecule has 160 valence electrons. The summed E-state index contributed by atoms with van der Waals surface area (Å²) in [4.78, 5) is 24.3. The van der Waals surface area contributed by atoms with E-state index in [1.807, 2.05) is 0 Å². The Hall–Kier alpha value is -2.13. The van der Waals surface area contributed by atoms with Crippen LogP contribution < -0.4 is 5.32 Å². The highest BCUT2D eigenvalue weighted by atomic mass is 35.5. The molecule has 10 heteroatoms. The van der Waals surface area contributed by atoms with Crippen LogP contribution in [-0.4, -0.2) is 44.3 Å². The Morgan fingerprint density at radius 2 is 1.80 bits per heavy atom. The summed E-state index contributed by atoms with van der Waals surface area (Å²) in [6.45, 7) is 0.576. The van der Waals surface area contributed by atoms with Gasteiger partial charge >= 0.3 is 5.97 Å².